The van der Waals surface area contributed by atoms with Crippen molar-refractivity contribution in [2.75, 3.05) is 13.2 Å². The first kappa shape index (κ1) is 22.9. The Bertz CT molecular complexity index is 1000. The number of pyridine rings is 1. The molecule has 5 heteroatoms. The van der Waals surface area contributed by atoms with Crippen molar-refractivity contribution in [1.29, 1.82) is 0 Å². The first-order valence-corrected chi connectivity index (χ1v) is 11.1. The third-order valence-corrected chi connectivity index (χ3v) is 5.50. The molecule has 3 rings (SSSR count). The molecule has 3 aromatic rings. The highest BCUT2D eigenvalue weighted by atomic mass is 16.3. The van der Waals surface area contributed by atoms with E-state index in [2.05, 4.69) is 29.4 Å². The summed E-state index contributed by atoms with van der Waals surface area (Å²) in [7, 11) is 0. The minimum absolute atomic E-state index is 0.0108. The van der Waals surface area contributed by atoms with Crippen LogP contribution in [-0.4, -0.2) is 40.4 Å². The number of hydrogen-bond donors (Lipinski definition) is 3. The van der Waals surface area contributed by atoms with Gasteiger partial charge in [0.1, 0.15) is 0 Å². The lowest BCUT2D eigenvalue weighted by Crippen LogP contribution is -2.26. The van der Waals surface area contributed by atoms with Gasteiger partial charge in [0.15, 0.2) is 0 Å². The zero-order valence-electron chi connectivity index (χ0n) is 18.2. The number of aliphatic hydroxyl groups excluding tert-OH is 2. The molecule has 0 aliphatic carbocycles. The second kappa shape index (κ2) is 11.6. The van der Waals surface area contributed by atoms with Crippen molar-refractivity contribution in [2.45, 2.75) is 51.6 Å². The Morgan fingerprint density at radius 1 is 1.13 bits per heavy atom. The van der Waals surface area contributed by atoms with Crippen LogP contribution in [0.5, 0.6) is 0 Å². The van der Waals surface area contributed by atoms with Crippen molar-refractivity contribution in [2.24, 2.45) is 0 Å². The van der Waals surface area contributed by atoms with Crippen molar-refractivity contribution in [3.8, 4) is 11.1 Å². The fourth-order valence-electron chi connectivity index (χ4n) is 3.80. The second-order valence-corrected chi connectivity index (χ2v) is 7.98. The monoisotopic (exact) mass is 420 g/mol. The van der Waals surface area contributed by atoms with Crippen molar-refractivity contribution in [3.63, 3.8) is 0 Å². The van der Waals surface area contributed by atoms with Crippen LogP contribution in [0, 0.1) is 0 Å². The van der Waals surface area contributed by atoms with E-state index < -0.39 is 6.10 Å². The van der Waals surface area contributed by atoms with Crippen LogP contribution in [0.4, 0.5) is 0 Å². The van der Waals surface area contributed by atoms with Gasteiger partial charge >= 0.3 is 0 Å². The van der Waals surface area contributed by atoms with E-state index in [9.17, 15) is 9.90 Å². The van der Waals surface area contributed by atoms with E-state index in [0.29, 0.717) is 19.4 Å². The van der Waals surface area contributed by atoms with Crippen molar-refractivity contribution in [1.82, 2.24) is 10.3 Å². The number of nitrogens with zero attached hydrogens (tertiary/aromatic N) is 1. The maximum absolute atomic E-state index is 12.6. The molecule has 0 radical (unpaired) electrons. The molecule has 31 heavy (non-hydrogen) atoms. The molecule has 0 saturated carbocycles. The van der Waals surface area contributed by atoms with Crippen LogP contribution in [0.3, 0.4) is 0 Å². The van der Waals surface area contributed by atoms with Gasteiger partial charge in [-0.15, -0.1) is 0 Å². The molecule has 2 aromatic carbocycles. The summed E-state index contributed by atoms with van der Waals surface area (Å²) < 4.78 is 0. The zero-order chi connectivity index (χ0) is 22.1. The number of fused-ring (bicyclic) bond motifs is 1. The van der Waals surface area contributed by atoms with Crippen LogP contribution in [0.1, 0.15) is 43.7 Å². The quantitative estimate of drug-likeness (QED) is 0.409. The normalized spacial score (nSPS) is 12.1. The summed E-state index contributed by atoms with van der Waals surface area (Å²) in [5, 5.41) is 22.8. The number of benzene rings is 2. The third kappa shape index (κ3) is 6.36. The summed E-state index contributed by atoms with van der Waals surface area (Å²) in [6.45, 7) is 2.62. The SMILES string of the molecule is CCCCCNC(=O)Cc1cnc2ccccc2c1-c1cccc(CCC(O)CO)c1. The Morgan fingerprint density at radius 2 is 1.97 bits per heavy atom. The van der Waals surface area contributed by atoms with E-state index in [1.807, 2.05) is 42.6 Å². The largest absolute Gasteiger partial charge is 0.394 e. The maximum Gasteiger partial charge on any atom is 0.224 e. The van der Waals surface area contributed by atoms with Crippen LogP contribution in [-0.2, 0) is 17.6 Å². The van der Waals surface area contributed by atoms with Gasteiger partial charge in [-0.25, -0.2) is 0 Å². The number of nitrogens with one attached hydrogen (secondary N) is 1. The number of carbonyl (C=O) groups excluding carboxylic acids is 1. The average molecular weight is 421 g/mol. The molecule has 1 aromatic heterocycles. The van der Waals surface area contributed by atoms with E-state index in [-0.39, 0.29) is 18.9 Å². The summed E-state index contributed by atoms with van der Waals surface area (Å²) in [5.41, 5.74) is 4.94. The minimum Gasteiger partial charge on any atom is -0.394 e. The van der Waals surface area contributed by atoms with Crippen LogP contribution in [0.15, 0.2) is 54.7 Å². The molecule has 0 fully saturated rings. The fraction of sp³-hybridized carbons (Fsp3) is 0.385. The van der Waals surface area contributed by atoms with Crippen molar-refractivity contribution >= 4 is 16.8 Å². The molecule has 1 unspecified atom stereocenters. The Balaban J connectivity index is 1.91. The Hall–Kier alpha value is -2.76. The van der Waals surface area contributed by atoms with E-state index >= 15 is 0 Å². The maximum atomic E-state index is 12.6. The number of aromatic nitrogens is 1. The first-order valence-electron chi connectivity index (χ1n) is 11.1. The van der Waals surface area contributed by atoms with Crippen LogP contribution < -0.4 is 5.32 Å². The summed E-state index contributed by atoms with van der Waals surface area (Å²) in [6.07, 6.45) is 5.79. The number of carbonyl (C=O) groups is 1. The molecule has 1 atom stereocenters. The number of aryl methyl sites for hydroxylation is 1. The number of para-hydroxylation sites is 1. The molecule has 1 heterocycles. The van der Waals surface area contributed by atoms with Gasteiger partial charge in [0.2, 0.25) is 5.91 Å². The highest BCUT2D eigenvalue weighted by Gasteiger charge is 2.15. The topological polar surface area (TPSA) is 82.5 Å². The van der Waals surface area contributed by atoms with Crippen molar-refractivity contribution < 1.29 is 15.0 Å². The number of amides is 1. The molecule has 3 N–H and O–H groups in total. The molecule has 0 spiro atoms. The first-order chi connectivity index (χ1) is 15.1. The van der Waals surface area contributed by atoms with Gasteiger partial charge < -0.3 is 15.5 Å². The van der Waals surface area contributed by atoms with E-state index in [0.717, 1.165) is 52.4 Å². The lowest BCUT2D eigenvalue weighted by molar-refractivity contribution is -0.120. The predicted molar refractivity (Wildman–Crippen MR) is 125 cm³/mol. The summed E-state index contributed by atoms with van der Waals surface area (Å²) in [4.78, 5) is 17.2. The molecular formula is C26H32N2O3. The Kier molecular flexibility index (Phi) is 8.56. The fourth-order valence-corrected chi connectivity index (χ4v) is 3.80. The Labute approximate surface area is 184 Å². The van der Waals surface area contributed by atoms with Crippen molar-refractivity contribution in [3.05, 3.63) is 65.9 Å². The third-order valence-electron chi connectivity index (χ3n) is 5.50. The standard InChI is InChI=1S/C26H32N2O3/c1-2-3-6-14-27-25(31)16-21-17-28-24-11-5-4-10-23(24)26(21)20-9-7-8-19(15-20)12-13-22(30)18-29/h4-5,7-11,15,17,22,29-30H,2-3,6,12-14,16,18H2,1H3,(H,27,31). The Morgan fingerprint density at radius 3 is 2.77 bits per heavy atom. The van der Waals surface area contributed by atoms with E-state index in [1.54, 1.807) is 0 Å². The molecule has 164 valence electrons. The molecule has 0 saturated heterocycles. The van der Waals surface area contributed by atoms with Crippen LogP contribution in [0.2, 0.25) is 0 Å². The summed E-state index contributed by atoms with van der Waals surface area (Å²) >= 11 is 0. The molecule has 0 aliphatic heterocycles. The second-order valence-electron chi connectivity index (χ2n) is 7.98. The number of aliphatic hydroxyl groups is 2. The molecule has 0 bridgehead atoms. The predicted octanol–water partition coefficient (Wildman–Crippen LogP) is 4.04. The van der Waals surface area contributed by atoms with Gasteiger partial charge in [0.25, 0.3) is 0 Å². The highest BCUT2D eigenvalue weighted by Crippen LogP contribution is 2.32. The summed E-state index contributed by atoms with van der Waals surface area (Å²) in [6, 6.07) is 16.2. The lowest BCUT2D eigenvalue weighted by atomic mass is 9.93. The van der Waals surface area contributed by atoms with Gasteiger partial charge in [0.05, 0.1) is 24.6 Å². The zero-order valence-corrected chi connectivity index (χ0v) is 18.2. The van der Waals surface area contributed by atoms with Gasteiger partial charge in [-0.1, -0.05) is 62.2 Å². The molecule has 0 aliphatic rings. The summed E-state index contributed by atoms with van der Waals surface area (Å²) in [5.74, 6) is 0.0108. The van der Waals surface area contributed by atoms with Crippen LogP contribution >= 0.6 is 0 Å². The number of rotatable bonds is 11. The van der Waals surface area contributed by atoms with E-state index in [1.165, 1.54) is 0 Å². The molecule has 5 nitrogen and oxygen atoms in total. The van der Waals surface area contributed by atoms with E-state index in [4.69, 9.17) is 5.11 Å². The molecular weight excluding hydrogens is 388 g/mol. The highest BCUT2D eigenvalue weighted by molar-refractivity contribution is 5.97. The smallest absolute Gasteiger partial charge is 0.224 e. The van der Waals surface area contributed by atoms with Gasteiger partial charge in [0, 0.05) is 18.1 Å². The molecule has 1 amide bonds. The lowest BCUT2D eigenvalue weighted by Gasteiger charge is -2.15. The van der Waals surface area contributed by atoms with Gasteiger partial charge in [-0.2, -0.15) is 0 Å². The van der Waals surface area contributed by atoms with Gasteiger partial charge in [-0.05, 0) is 47.6 Å². The van der Waals surface area contributed by atoms with Gasteiger partial charge in [-0.3, -0.25) is 9.78 Å². The minimum atomic E-state index is -0.711. The van der Waals surface area contributed by atoms with Crippen LogP contribution in [0.25, 0.3) is 22.0 Å². The average Bonchev–Trinajstić information content (AvgIpc) is 2.80. The number of hydrogen-bond acceptors (Lipinski definition) is 4. The number of unbranched alkanes of at least 4 members (excludes halogenated alkanes) is 2.